The van der Waals surface area contributed by atoms with E-state index in [0.717, 1.165) is 0 Å². The fraction of sp³-hybridized carbons (Fsp3) is 1.00. The largest absolute Gasteiger partial charge is 3.00 e. The van der Waals surface area contributed by atoms with Crippen molar-refractivity contribution in [3.8, 4) is 0 Å². The number of nitrogens with zero attached hydrogens (tertiary/aromatic N) is 6. The molecule has 0 aliphatic heterocycles. The van der Waals surface area contributed by atoms with E-state index in [1.54, 1.807) is 14.2 Å². The molecular weight excluding hydrogens is 1250 g/mol. The van der Waals surface area contributed by atoms with Gasteiger partial charge in [0.1, 0.15) is 0 Å². The van der Waals surface area contributed by atoms with Crippen molar-refractivity contribution in [3.63, 3.8) is 0 Å². The van der Waals surface area contributed by atoms with Crippen LogP contribution in [0.25, 0.3) is 0 Å². The van der Waals surface area contributed by atoms with Gasteiger partial charge >= 0.3 is 77.2 Å². The van der Waals surface area contributed by atoms with Crippen molar-refractivity contribution in [1.29, 1.82) is 0 Å². The van der Waals surface area contributed by atoms with Gasteiger partial charge in [0.15, 0.2) is 0 Å². The molecule has 0 bridgehead atoms. The van der Waals surface area contributed by atoms with Gasteiger partial charge in [-0.1, -0.05) is 27.7 Å². The summed E-state index contributed by atoms with van der Waals surface area (Å²) in [6, 6.07) is 0. The molecule has 0 aromatic carbocycles. The summed E-state index contributed by atoms with van der Waals surface area (Å²) in [5.74, 6) is 0. The third-order valence-corrected chi connectivity index (χ3v) is 7.52. The molecule has 38 nitrogen and oxygen atoms in total. The Morgan fingerprint density at radius 3 is 0.382 bits per heavy atom. The quantitative estimate of drug-likeness (QED) is 0.0336. The Hall–Kier alpha value is -2.79. The van der Waals surface area contributed by atoms with Gasteiger partial charge in [-0.2, -0.15) is 0 Å². The zero-order chi connectivity index (χ0) is 55.6. The molecule has 0 fully saturated rings. The number of methoxy groups -OCH3 is 2. The van der Waals surface area contributed by atoms with Crippen LogP contribution in [0.4, 0.5) is 0 Å². The van der Waals surface area contributed by atoms with Gasteiger partial charge in [0.2, 0.25) is 0 Å². The van der Waals surface area contributed by atoms with Gasteiger partial charge in [-0.25, -0.2) is 0 Å². The summed E-state index contributed by atoms with van der Waals surface area (Å²) in [7, 11) is 3.30. The van der Waals surface area contributed by atoms with Crippen LogP contribution in [0.3, 0.4) is 0 Å². The second kappa shape index (κ2) is 73.2. The number of aliphatic hydroxyl groups excluding tert-OH is 12. The van der Waals surface area contributed by atoms with Gasteiger partial charge in [0.25, 0.3) is 0 Å². The maximum absolute atomic E-state index is 8.66. The molecule has 12 N–H and O–H groups in total. The van der Waals surface area contributed by atoms with Gasteiger partial charge in [0.05, 0.1) is 123 Å². The van der Waals surface area contributed by atoms with Crippen LogP contribution in [-0.4, -0.2) is 199 Å². The Bertz CT molecular complexity index is 794. The number of ether oxygens (including phenoxy) is 2. The van der Waals surface area contributed by atoms with Gasteiger partial charge in [-0.05, 0) is 25.7 Å². The SMILES string of the molecule is CCC(CO)(CO)CO.CCC(CO)(CO)CO.CCC(CO)(CO)CO.CCC(CO)(CO)CO.COCCOC.O=[N+]([O-])[O-].O=[N+]([O-])[O-].O=[N+]([O-])[O-].O=[N+]([O-])[O-].O=[N+]([O-])[O-].O=[N+]([O-])[O-].[Tb+3].[Tb+3]. The minimum Gasteiger partial charge on any atom is -0.396 e. The Balaban J connectivity index is -0.0000000452. The molecule has 0 heterocycles. The number of aliphatic hydroxyl groups is 12. The molecule has 0 saturated heterocycles. The van der Waals surface area contributed by atoms with Crippen LogP contribution in [0.15, 0.2) is 0 Å². The molecule has 0 saturated carbocycles. The fourth-order valence-electron chi connectivity index (χ4n) is 2.11. The predicted molar refractivity (Wildman–Crippen MR) is 222 cm³/mol. The van der Waals surface area contributed by atoms with E-state index in [1.807, 2.05) is 27.7 Å². The maximum atomic E-state index is 8.66. The van der Waals surface area contributed by atoms with Crippen molar-refractivity contribution >= 4 is 0 Å². The van der Waals surface area contributed by atoms with E-state index in [2.05, 4.69) is 9.47 Å². The van der Waals surface area contributed by atoms with Crippen molar-refractivity contribution in [2.24, 2.45) is 21.7 Å². The molecule has 418 valence electrons. The molecular formula is C28H66N6O32Tb2. The summed E-state index contributed by atoms with van der Waals surface area (Å²) >= 11 is 0. The smallest absolute Gasteiger partial charge is 0.396 e. The summed E-state index contributed by atoms with van der Waals surface area (Å²) in [6.07, 6.45) is 2.38. The fourth-order valence-corrected chi connectivity index (χ4v) is 2.11. The monoisotopic (exact) mass is 1320 g/mol. The number of hydrogen-bond acceptors (Lipinski definition) is 32. The van der Waals surface area contributed by atoms with Crippen LogP contribution in [-0.2, 0) is 9.47 Å². The average Bonchev–Trinajstić information content (AvgIpc) is 3.24. The van der Waals surface area contributed by atoms with Crippen LogP contribution in [0.5, 0.6) is 0 Å². The minimum absolute atomic E-state index is 0. The molecule has 0 aliphatic carbocycles. The normalized spacial score (nSPS) is 9.26. The molecule has 0 radical (unpaired) electrons. The van der Waals surface area contributed by atoms with E-state index < -0.39 is 52.2 Å². The van der Waals surface area contributed by atoms with E-state index in [1.165, 1.54) is 0 Å². The van der Waals surface area contributed by atoms with E-state index in [4.69, 9.17) is 153 Å². The molecule has 68 heavy (non-hydrogen) atoms. The third-order valence-electron chi connectivity index (χ3n) is 7.52. The van der Waals surface area contributed by atoms with Gasteiger partial charge in [-0.15, -0.1) is 0 Å². The van der Waals surface area contributed by atoms with Crippen LogP contribution >= 0.6 is 0 Å². The molecule has 0 unspecified atom stereocenters. The van der Waals surface area contributed by atoms with Crippen molar-refractivity contribution in [2.45, 2.75) is 53.4 Å². The summed E-state index contributed by atoms with van der Waals surface area (Å²) in [4.78, 5) is 49.5. The Morgan fingerprint density at radius 2 is 0.368 bits per heavy atom. The van der Waals surface area contributed by atoms with Crippen LogP contribution in [0.2, 0.25) is 0 Å². The Kier molecular flexibility index (Phi) is 106. The first-order valence-electron chi connectivity index (χ1n) is 17.5. The van der Waals surface area contributed by atoms with Crippen LogP contribution in [0.1, 0.15) is 53.4 Å². The molecule has 0 aromatic heterocycles. The van der Waals surface area contributed by atoms with E-state index >= 15 is 0 Å². The minimum atomic E-state index is -1.75. The standard InChI is InChI=1S/4C6H14O3.C4H10O2.6NO3.2Tb/c4*1-2-6(3-7,4-8)5-9;1-5-3-4-6-2;6*2-1(3)4;;/h4*7-9H,2-5H2,1H3;3-4H2,1-2H3;;;;;;;;/q;;;;;6*-1;2*+3. The third kappa shape index (κ3) is 105. The van der Waals surface area contributed by atoms with E-state index in [-0.39, 0.29) is 157 Å². The van der Waals surface area contributed by atoms with E-state index in [9.17, 15) is 0 Å². The zero-order valence-electron chi connectivity index (χ0n) is 37.6. The van der Waals surface area contributed by atoms with Crippen LogP contribution < -0.4 is 0 Å². The molecule has 0 aliphatic rings. The predicted octanol–water partition coefficient (Wildman–Crippen LogP) is -3.72. The zero-order valence-corrected chi connectivity index (χ0v) is 41.9. The molecule has 0 rings (SSSR count). The first-order valence-corrected chi connectivity index (χ1v) is 17.5. The van der Waals surface area contributed by atoms with Crippen molar-refractivity contribution in [3.05, 3.63) is 91.9 Å². The Labute approximate surface area is 449 Å². The van der Waals surface area contributed by atoms with Gasteiger partial charge in [-0.3, -0.25) is 0 Å². The van der Waals surface area contributed by atoms with Crippen LogP contribution in [0, 0.1) is 191 Å². The topological polar surface area (TPSA) is 658 Å². The van der Waals surface area contributed by atoms with Crippen molar-refractivity contribution < 1.29 is 178 Å². The summed E-state index contributed by atoms with van der Waals surface area (Å²) < 4.78 is 9.31. The van der Waals surface area contributed by atoms with Gasteiger partial charge < -0.3 is 163 Å². The van der Waals surface area contributed by atoms with E-state index in [0.29, 0.717) is 38.9 Å². The number of rotatable bonds is 19. The van der Waals surface area contributed by atoms with Gasteiger partial charge in [0, 0.05) is 35.9 Å². The summed E-state index contributed by atoms with van der Waals surface area (Å²) in [5.41, 5.74) is -2.67. The first-order chi connectivity index (χ1) is 30.3. The number of hydrogen-bond donors (Lipinski definition) is 12. The molecule has 0 amide bonds. The molecule has 40 heteroatoms. The second-order valence-corrected chi connectivity index (χ2v) is 11.6. The summed E-state index contributed by atoms with van der Waals surface area (Å²) in [6.45, 7) is 6.80. The Morgan fingerprint density at radius 1 is 0.294 bits per heavy atom. The molecule has 0 spiro atoms. The molecule has 0 aromatic rings. The van der Waals surface area contributed by atoms with Crippen molar-refractivity contribution in [1.82, 2.24) is 0 Å². The summed E-state index contributed by atoms with van der Waals surface area (Å²) in [5, 5.41) is 192. The first kappa shape index (κ1) is 98.6. The molecule has 0 atom stereocenters. The van der Waals surface area contributed by atoms with Crippen molar-refractivity contribution in [2.75, 3.05) is 107 Å². The maximum Gasteiger partial charge on any atom is 3.00 e. The average molecular weight is 1320 g/mol. The second-order valence-electron chi connectivity index (χ2n) is 11.6.